The first-order chi connectivity index (χ1) is 14.1. The first-order valence-corrected chi connectivity index (χ1v) is 10.0. The third kappa shape index (κ3) is 4.79. The first-order valence-electron chi connectivity index (χ1n) is 8.77. The van der Waals surface area contributed by atoms with Gasteiger partial charge in [-0.3, -0.25) is 14.9 Å². The minimum atomic E-state index is -0.233. The molecule has 0 radical (unpaired) electrons. The molecule has 0 fully saturated rings. The smallest absolute Gasteiger partial charge is 0.257 e. The number of thiazole rings is 1. The van der Waals surface area contributed by atoms with Crippen LogP contribution in [-0.4, -0.2) is 26.2 Å². The van der Waals surface area contributed by atoms with Gasteiger partial charge in [0.25, 0.3) is 5.91 Å². The Morgan fingerprint density at radius 3 is 2.69 bits per heavy atom. The Morgan fingerprint density at radius 2 is 1.86 bits per heavy atom. The summed E-state index contributed by atoms with van der Waals surface area (Å²) in [5.74, 6) is -0.408. The second-order valence-corrected chi connectivity index (χ2v) is 7.56. The zero-order valence-electron chi connectivity index (χ0n) is 15.1. The molecule has 146 valence electrons. The van der Waals surface area contributed by atoms with E-state index < -0.39 is 0 Å². The van der Waals surface area contributed by atoms with Crippen LogP contribution in [0.2, 0.25) is 5.02 Å². The summed E-state index contributed by atoms with van der Waals surface area (Å²) in [6.07, 6.45) is 3.70. The van der Waals surface area contributed by atoms with E-state index in [1.165, 1.54) is 11.3 Å². The van der Waals surface area contributed by atoms with E-state index in [1.54, 1.807) is 41.9 Å². The third-order valence-corrected chi connectivity index (χ3v) is 5.11. The van der Waals surface area contributed by atoms with Crippen molar-refractivity contribution in [2.45, 2.75) is 13.0 Å². The lowest BCUT2D eigenvalue weighted by Gasteiger charge is -2.02. The molecule has 0 bridgehead atoms. The van der Waals surface area contributed by atoms with Crippen LogP contribution in [0.1, 0.15) is 21.7 Å². The Morgan fingerprint density at radius 1 is 1.03 bits per heavy atom. The summed E-state index contributed by atoms with van der Waals surface area (Å²) in [6.45, 7) is 0.305. The molecule has 0 unspecified atom stereocenters. The highest BCUT2D eigenvalue weighted by Crippen LogP contribution is 2.17. The second-order valence-electron chi connectivity index (χ2n) is 6.26. The number of carbonyl (C=O) groups excluding carboxylic acids is 2. The van der Waals surface area contributed by atoms with Crippen LogP contribution in [0, 0.1) is 0 Å². The number of imidazole rings is 1. The molecular formula is C20H16ClN5O2S. The average molecular weight is 426 g/mol. The van der Waals surface area contributed by atoms with Gasteiger partial charge >= 0.3 is 0 Å². The lowest BCUT2D eigenvalue weighted by molar-refractivity contribution is -0.120. The number of benzene rings is 1. The molecule has 2 amide bonds. The molecule has 1 aromatic carbocycles. The van der Waals surface area contributed by atoms with Crippen LogP contribution in [0.4, 0.5) is 5.13 Å². The van der Waals surface area contributed by atoms with Gasteiger partial charge in [-0.25, -0.2) is 9.97 Å². The number of nitrogens with zero attached hydrogens (tertiary/aromatic N) is 3. The third-order valence-electron chi connectivity index (χ3n) is 4.08. The average Bonchev–Trinajstić information content (AvgIpc) is 3.33. The molecule has 0 aliphatic carbocycles. The lowest BCUT2D eigenvalue weighted by Crippen LogP contribution is -2.24. The van der Waals surface area contributed by atoms with Gasteiger partial charge in [-0.15, -0.1) is 11.3 Å². The number of fused-ring (bicyclic) bond motifs is 1. The number of nitrogens with one attached hydrogen (secondary N) is 2. The van der Waals surface area contributed by atoms with Crippen LogP contribution in [0.25, 0.3) is 5.65 Å². The van der Waals surface area contributed by atoms with E-state index in [2.05, 4.69) is 20.6 Å². The molecule has 7 nitrogen and oxygen atoms in total. The molecule has 0 spiro atoms. The molecule has 0 aliphatic heterocycles. The Balaban J connectivity index is 1.31. The van der Waals surface area contributed by atoms with Gasteiger partial charge in [-0.2, -0.15) is 0 Å². The maximum atomic E-state index is 12.2. The van der Waals surface area contributed by atoms with Gasteiger partial charge in [0.1, 0.15) is 5.65 Å². The van der Waals surface area contributed by atoms with Crippen molar-refractivity contribution in [1.82, 2.24) is 19.7 Å². The quantitative estimate of drug-likeness (QED) is 0.494. The minimum Gasteiger partial charge on any atom is -0.350 e. The molecule has 4 aromatic rings. The van der Waals surface area contributed by atoms with Crippen LogP contribution in [0.5, 0.6) is 0 Å². The number of pyridine rings is 1. The number of hydrogen-bond acceptors (Lipinski definition) is 5. The fourth-order valence-electron chi connectivity index (χ4n) is 2.72. The van der Waals surface area contributed by atoms with Gasteiger partial charge in [-0.05, 0) is 24.3 Å². The van der Waals surface area contributed by atoms with Crippen molar-refractivity contribution in [1.29, 1.82) is 0 Å². The van der Waals surface area contributed by atoms with Gasteiger partial charge in [0.2, 0.25) is 5.91 Å². The minimum absolute atomic E-state index is 0.122. The largest absolute Gasteiger partial charge is 0.350 e. The van der Waals surface area contributed by atoms with Crippen LogP contribution in [0.3, 0.4) is 0 Å². The fourth-order valence-corrected chi connectivity index (χ4v) is 3.60. The van der Waals surface area contributed by atoms with Crippen molar-refractivity contribution in [3.8, 4) is 0 Å². The summed E-state index contributed by atoms with van der Waals surface area (Å²) in [4.78, 5) is 33.1. The monoisotopic (exact) mass is 425 g/mol. The predicted octanol–water partition coefficient (Wildman–Crippen LogP) is 3.56. The molecule has 0 aliphatic rings. The first kappa shape index (κ1) is 19.1. The van der Waals surface area contributed by atoms with Crippen molar-refractivity contribution < 1.29 is 9.59 Å². The molecule has 2 N–H and O–H groups in total. The van der Waals surface area contributed by atoms with Crippen molar-refractivity contribution in [2.75, 3.05) is 5.32 Å². The van der Waals surface area contributed by atoms with E-state index in [1.807, 2.05) is 22.7 Å². The van der Waals surface area contributed by atoms with E-state index in [0.29, 0.717) is 28.0 Å². The molecule has 3 heterocycles. The summed E-state index contributed by atoms with van der Waals surface area (Å²) in [5.41, 5.74) is 2.64. The Bertz CT molecular complexity index is 1170. The molecule has 9 heteroatoms. The number of anilines is 1. The normalized spacial score (nSPS) is 10.8. The summed E-state index contributed by atoms with van der Waals surface area (Å²) in [6, 6.07) is 12.5. The van der Waals surface area contributed by atoms with Crippen molar-refractivity contribution in [3.63, 3.8) is 0 Å². The Kier molecular flexibility index (Phi) is 5.55. The van der Waals surface area contributed by atoms with E-state index in [4.69, 9.17) is 11.6 Å². The topological polar surface area (TPSA) is 88.4 Å². The number of halogens is 1. The second kappa shape index (κ2) is 8.42. The molecule has 0 saturated heterocycles. The lowest BCUT2D eigenvalue weighted by atomic mass is 10.2. The Hall–Kier alpha value is -3.23. The van der Waals surface area contributed by atoms with E-state index >= 15 is 0 Å². The number of amides is 2. The van der Waals surface area contributed by atoms with Gasteiger partial charge < -0.3 is 9.72 Å². The van der Waals surface area contributed by atoms with Gasteiger partial charge in [0.05, 0.1) is 29.4 Å². The summed E-state index contributed by atoms with van der Waals surface area (Å²) < 4.78 is 1.81. The number of carbonyl (C=O) groups is 2. The zero-order chi connectivity index (χ0) is 20.2. The van der Waals surface area contributed by atoms with E-state index in [9.17, 15) is 9.59 Å². The highest BCUT2D eigenvalue weighted by molar-refractivity contribution is 7.14. The molecule has 0 atom stereocenters. The van der Waals surface area contributed by atoms with Crippen LogP contribution >= 0.6 is 22.9 Å². The predicted molar refractivity (Wildman–Crippen MR) is 112 cm³/mol. The maximum absolute atomic E-state index is 12.2. The maximum Gasteiger partial charge on any atom is 0.257 e. The van der Waals surface area contributed by atoms with Crippen molar-refractivity contribution >= 4 is 45.5 Å². The summed E-state index contributed by atoms with van der Waals surface area (Å²) in [7, 11) is 0. The Labute approximate surface area is 175 Å². The van der Waals surface area contributed by atoms with Crippen LogP contribution in [0.15, 0.2) is 60.2 Å². The summed E-state index contributed by atoms with van der Waals surface area (Å²) >= 11 is 7.25. The SMILES string of the molecule is O=C(Cc1csc(NC(=O)c2ccccc2)n1)NCc1cn2cc(Cl)ccc2n1. The summed E-state index contributed by atoms with van der Waals surface area (Å²) in [5, 5.41) is 8.40. The van der Waals surface area contributed by atoms with Gasteiger partial charge in [0.15, 0.2) is 5.13 Å². The molecule has 29 heavy (non-hydrogen) atoms. The zero-order valence-corrected chi connectivity index (χ0v) is 16.7. The van der Waals surface area contributed by atoms with E-state index in [0.717, 1.165) is 11.3 Å². The molecular weight excluding hydrogens is 410 g/mol. The highest BCUT2D eigenvalue weighted by atomic mass is 35.5. The molecule has 3 aromatic heterocycles. The standard InChI is InChI=1S/C20H16ClN5O2S/c21-14-6-7-17-23-16(11-26(17)10-14)9-22-18(27)8-15-12-29-20(24-15)25-19(28)13-4-2-1-3-5-13/h1-7,10-12H,8-9H2,(H,22,27)(H,24,25,28). The van der Waals surface area contributed by atoms with Crippen LogP contribution < -0.4 is 10.6 Å². The molecule has 4 rings (SSSR count). The number of hydrogen-bond donors (Lipinski definition) is 2. The van der Waals surface area contributed by atoms with Crippen LogP contribution in [-0.2, 0) is 17.8 Å². The van der Waals surface area contributed by atoms with Crippen molar-refractivity contribution in [2.24, 2.45) is 0 Å². The number of rotatable bonds is 6. The van der Waals surface area contributed by atoms with Gasteiger partial charge in [0, 0.05) is 23.3 Å². The fraction of sp³-hybridized carbons (Fsp3) is 0.100. The van der Waals surface area contributed by atoms with Crippen molar-refractivity contribution in [3.05, 3.63) is 82.2 Å². The highest BCUT2D eigenvalue weighted by Gasteiger charge is 2.11. The molecule has 0 saturated carbocycles. The number of aromatic nitrogens is 3. The van der Waals surface area contributed by atoms with Gasteiger partial charge in [-0.1, -0.05) is 29.8 Å². The van der Waals surface area contributed by atoms with E-state index in [-0.39, 0.29) is 18.2 Å².